The summed E-state index contributed by atoms with van der Waals surface area (Å²) in [5.74, 6) is -1.29. The number of nitrogens with zero attached hydrogens (tertiary/aromatic N) is 2. The molecule has 0 aromatic heterocycles. The molecule has 12 heteroatoms. The first-order chi connectivity index (χ1) is 12.9. The number of amides is 2. The van der Waals surface area contributed by atoms with E-state index in [1.807, 2.05) is 0 Å². The first-order valence-electron chi connectivity index (χ1n) is 8.58. The van der Waals surface area contributed by atoms with Crippen LogP contribution < -0.4 is 0 Å². The molecular formula is C15H18N2O8S2. The Bertz CT molecular complexity index is 709. The van der Waals surface area contributed by atoms with E-state index in [1.165, 1.54) is 9.80 Å². The smallest absolute Gasteiger partial charge is 0.331 e. The lowest BCUT2D eigenvalue weighted by Gasteiger charge is -2.47. The fourth-order valence-corrected chi connectivity index (χ4v) is 6.95. The minimum atomic E-state index is -1.16. The molecule has 2 amide bonds. The maximum absolute atomic E-state index is 12.2. The molecule has 148 valence electrons. The van der Waals surface area contributed by atoms with Gasteiger partial charge in [0.15, 0.2) is 0 Å². The number of esters is 2. The van der Waals surface area contributed by atoms with Crippen molar-refractivity contribution >= 4 is 45.4 Å². The van der Waals surface area contributed by atoms with Crippen LogP contribution in [0.2, 0.25) is 0 Å². The van der Waals surface area contributed by atoms with Crippen molar-refractivity contribution in [1.29, 1.82) is 0 Å². The Balaban J connectivity index is 1.28. The second-order valence-electron chi connectivity index (χ2n) is 6.74. The van der Waals surface area contributed by atoms with Gasteiger partial charge in [0.25, 0.3) is 0 Å². The van der Waals surface area contributed by atoms with Gasteiger partial charge in [0.05, 0.1) is 12.8 Å². The quantitative estimate of drug-likeness (QED) is 0.297. The standard InChI is InChI=1S/C15H18N2O8S2/c18-10-5-12-16(10)8(1-3-26(12)22)14(20)24-7-25-15(21)9-2-4-27(23)13-6-11(19)17(9)13/h8-9,12-13H,1-7H2/t8?,9?,12-,13-,26?,27?/m1/s1. The molecular weight excluding hydrogens is 400 g/mol. The molecule has 4 unspecified atom stereocenters. The predicted octanol–water partition coefficient (Wildman–Crippen LogP) is -1.81. The highest BCUT2D eigenvalue weighted by atomic mass is 32.2. The second-order valence-corrected chi connectivity index (χ2v) is 10.2. The SMILES string of the molecule is O=C(OCOC(=O)C1CCS(=O)[C@@H]2CC(=O)N12)C1CCS(=O)[C@@H]2CC(=O)N12. The topological polar surface area (TPSA) is 127 Å². The number of hydrogen-bond donors (Lipinski definition) is 0. The summed E-state index contributed by atoms with van der Waals surface area (Å²) in [4.78, 5) is 50.3. The van der Waals surface area contributed by atoms with E-state index in [0.29, 0.717) is 11.5 Å². The monoisotopic (exact) mass is 418 g/mol. The van der Waals surface area contributed by atoms with Crippen molar-refractivity contribution in [2.45, 2.75) is 48.5 Å². The van der Waals surface area contributed by atoms with Gasteiger partial charge in [-0.2, -0.15) is 0 Å². The van der Waals surface area contributed by atoms with Crippen LogP contribution in [0.4, 0.5) is 0 Å². The van der Waals surface area contributed by atoms with Crippen molar-refractivity contribution in [3.8, 4) is 0 Å². The van der Waals surface area contributed by atoms with E-state index in [-0.39, 0.29) is 37.5 Å². The number of fused-ring (bicyclic) bond motifs is 2. The number of β-lactam (4-membered cyclic amide) rings is 2. The highest BCUT2D eigenvalue weighted by molar-refractivity contribution is 7.86. The molecule has 0 bridgehead atoms. The van der Waals surface area contributed by atoms with E-state index >= 15 is 0 Å². The Morgan fingerprint density at radius 3 is 1.63 bits per heavy atom. The van der Waals surface area contributed by atoms with Crippen LogP contribution in [0.5, 0.6) is 0 Å². The molecule has 0 aromatic rings. The zero-order chi connectivity index (χ0) is 19.3. The van der Waals surface area contributed by atoms with Gasteiger partial charge < -0.3 is 19.3 Å². The first kappa shape index (κ1) is 18.5. The Kier molecular flexibility index (Phi) is 4.78. The number of carbonyl (C=O) groups excluding carboxylic acids is 4. The van der Waals surface area contributed by atoms with E-state index in [0.717, 1.165) is 0 Å². The summed E-state index contributed by atoms with van der Waals surface area (Å²) in [7, 11) is -2.32. The normalized spacial score (nSPS) is 37.5. The third-order valence-electron chi connectivity index (χ3n) is 5.30. The van der Waals surface area contributed by atoms with Crippen LogP contribution in [-0.4, -0.2) is 83.1 Å². The second kappa shape index (κ2) is 6.97. The Morgan fingerprint density at radius 1 is 0.852 bits per heavy atom. The van der Waals surface area contributed by atoms with Crippen molar-refractivity contribution in [2.75, 3.05) is 18.3 Å². The maximum atomic E-state index is 12.2. The zero-order valence-corrected chi connectivity index (χ0v) is 15.9. The lowest BCUT2D eigenvalue weighted by Crippen LogP contribution is -2.65. The zero-order valence-electron chi connectivity index (χ0n) is 14.2. The van der Waals surface area contributed by atoms with E-state index in [2.05, 4.69) is 0 Å². The summed E-state index contributed by atoms with van der Waals surface area (Å²) in [6.45, 7) is -0.629. The van der Waals surface area contributed by atoms with Crippen LogP contribution in [0.1, 0.15) is 25.7 Å². The minimum Gasteiger partial charge on any atom is -0.426 e. The number of hydrogen-bond acceptors (Lipinski definition) is 8. The minimum absolute atomic E-state index is 0.166. The average Bonchev–Trinajstić information content (AvgIpc) is 2.62. The molecule has 4 heterocycles. The molecule has 4 saturated heterocycles. The number of carbonyl (C=O) groups is 4. The van der Waals surface area contributed by atoms with Crippen LogP contribution in [0.25, 0.3) is 0 Å². The van der Waals surface area contributed by atoms with Crippen LogP contribution in [0.3, 0.4) is 0 Å². The maximum Gasteiger partial charge on any atom is 0.331 e. The molecule has 0 radical (unpaired) electrons. The van der Waals surface area contributed by atoms with Crippen LogP contribution in [0.15, 0.2) is 0 Å². The third kappa shape index (κ3) is 3.08. The van der Waals surface area contributed by atoms with E-state index in [1.54, 1.807) is 0 Å². The van der Waals surface area contributed by atoms with Gasteiger partial charge in [-0.15, -0.1) is 0 Å². The highest BCUT2D eigenvalue weighted by Gasteiger charge is 2.51. The van der Waals surface area contributed by atoms with Gasteiger partial charge in [0.2, 0.25) is 18.6 Å². The molecule has 0 N–H and O–H groups in total. The summed E-state index contributed by atoms with van der Waals surface area (Å²) >= 11 is 0. The van der Waals surface area contributed by atoms with E-state index < -0.39 is 63.2 Å². The third-order valence-corrected chi connectivity index (χ3v) is 8.58. The fraction of sp³-hybridized carbons (Fsp3) is 0.733. The number of rotatable bonds is 4. The van der Waals surface area contributed by atoms with Crippen LogP contribution >= 0.6 is 0 Å². The number of ether oxygens (including phenoxy) is 2. The molecule has 4 aliphatic rings. The van der Waals surface area contributed by atoms with Crippen molar-refractivity contribution < 1.29 is 37.1 Å². The fourth-order valence-electron chi connectivity index (χ4n) is 3.80. The summed E-state index contributed by atoms with van der Waals surface area (Å²) < 4.78 is 33.5. The average molecular weight is 418 g/mol. The summed E-state index contributed by atoms with van der Waals surface area (Å²) in [6.07, 6.45) is 0.805. The van der Waals surface area contributed by atoms with E-state index in [9.17, 15) is 27.6 Å². The van der Waals surface area contributed by atoms with E-state index in [4.69, 9.17) is 9.47 Å². The molecule has 27 heavy (non-hydrogen) atoms. The lowest BCUT2D eigenvalue weighted by atomic mass is 10.1. The Labute approximate surface area is 159 Å². The predicted molar refractivity (Wildman–Crippen MR) is 90.4 cm³/mol. The summed E-state index contributed by atoms with van der Waals surface area (Å²) in [5, 5.41) is -0.882. The van der Waals surface area contributed by atoms with Crippen molar-refractivity contribution in [3.05, 3.63) is 0 Å². The van der Waals surface area contributed by atoms with Crippen LogP contribution in [0, 0.1) is 0 Å². The van der Waals surface area contributed by atoms with Crippen molar-refractivity contribution in [3.63, 3.8) is 0 Å². The van der Waals surface area contributed by atoms with Gasteiger partial charge in [-0.05, 0) is 12.8 Å². The molecule has 0 aromatic carbocycles. The lowest BCUT2D eigenvalue weighted by molar-refractivity contribution is -0.181. The first-order valence-corrected chi connectivity index (χ1v) is 11.3. The molecule has 0 spiro atoms. The van der Waals surface area contributed by atoms with Gasteiger partial charge in [-0.25, -0.2) is 9.59 Å². The molecule has 0 saturated carbocycles. The molecule has 4 aliphatic heterocycles. The summed E-state index contributed by atoms with van der Waals surface area (Å²) in [6, 6.07) is -1.63. The van der Waals surface area contributed by atoms with Gasteiger partial charge in [-0.1, -0.05) is 0 Å². The molecule has 4 rings (SSSR count). The Hall–Kier alpha value is -1.82. The van der Waals surface area contributed by atoms with Gasteiger partial charge in [0.1, 0.15) is 22.8 Å². The molecule has 6 atom stereocenters. The van der Waals surface area contributed by atoms with Crippen molar-refractivity contribution in [2.24, 2.45) is 0 Å². The molecule has 0 aliphatic carbocycles. The highest BCUT2D eigenvalue weighted by Crippen LogP contribution is 2.33. The summed E-state index contributed by atoms with van der Waals surface area (Å²) in [5.41, 5.74) is 0. The largest absolute Gasteiger partial charge is 0.426 e. The molecule has 10 nitrogen and oxygen atoms in total. The van der Waals surface area contributed by atoms with Gasteiger partial charge in [0, 0.05) is 33.1 Å². The van der Waals surface area contributed by atoms with Crippen molar-refractivity contribution in [1.82, 2.24) is 9.80 Å². The van der Waals surface area contributed by atoms with Gasteiger partial charge >= 0.3 is 11.9 Å². The van der Waals surface area contributed by atoms with Gasteiger partial charge in [-0.3, -0.25) is 18.0 Å². The Morgan fingerprint density at radius 2 is 1.26 bits per heavy atom. The molecule has 4 fully saturated rings. The van der Waals surface area contributed by atoms with Crippen LogP contribution in [-0.2, 0) is 50.3 Å².